The lowest BCUT2D eigenvalue weighted by molar-refractivity contribution is -0.758. The van der Waals surface area contributed by atoms with Gasteiger partial charge in [0.25, 0.3) is 5.09 Å². The SMILES string of the molecule is CC(CCO[N+](=O)[O-])C(=O)NCCN.O=C(O)C=CC(=O)O. The standard InChI is InChI=1S/C7H15N3O4.C4H4O4/c1-6(2-5-14-10(12)13)7(11)9-4-3-8;5-3(6)1-2-4(7)8/h6H,2-5,8H2,1H3,(H,9,11);1-2H,(H,5,6)(H,7,8). The Hall–Kier alpha value is -2.69. The number of rotatable bonds is 9. The zero-order valence-electron chi connectivity index (χ0n) is 11.9. The highest BCUT2D eigenvalue weighted by Gasteiger charge is 2.12. The second kappa shape index (κ2) is 13.3. The first-order chi connectivity index (χ1) is 10.2. The van der Waals surface area contributed by atoms with Crippen LogP contribution in [0.3, 0.4) is 0 Å². The van der Waals surface area contributed by atoms with Gasteiger partial charge in [-0.2, -0.15) is 0 Å². The van der Waals surface area contributed by atoms with Crippen LogP contribution >= 0.6 is 0 Å². The van der Waals surface area contributed by atoms with Crippen LogP contribution in [0, 0.1) is 16.0 Å². The molecule has 0 aromatic carbocycles. The van der Waals surface area contributed by atoms with Gasteiger partial charge in [0.15, 0.2) is 0 Å². The second-order valence-corrected chi connectivity index (χ2v) is 3.84. The van der Waals surface area contributed by atoms with Crippen LogP contribution in [0.5, 0.6) is 0 Å². The second-order valence-electron chi connectivity index (χ2n) is 3.84. The Balaban J connectivity index is 0. The molecule has 0 aliphatic heterocycles. The van der Waals surface area contributed by atoms with Gasteiger partial charge in [0, 0.05) is 31.2 Å². The van der Waals surface area contributed by atoms with E-state index in [9.17, 15) is 24.5 Å². The Bertz CT molecular complexity index is 394. The number of carboxylic acids is 2. The normalized spacial score (nSPS) is 11.0. The van der Waals surface area contributed by atoms with E-state index in [0.717, 1.165) is 0 Å². The zero-order valence-corrected chi connectivity index (χ0v) is 11.9. The molecule has 1 atom stereocenters. The van der Waals surface area contributed by atoms with Gasteiger partial charge in [-0.15, -0.1) is 10.1 Å². The topological polar surface area (TPSA) is 182 Å². The molecule has 0 bridgehead atoms. The molecule has 11 nitrogen and oxygen atoms in total. The molecule has 1 amide bonds. The van der Waals surface area contributed by atoms with Crippen molar-refractivity contribution in [3.63, 3.8) is 0 Å². The summed E-state index contributed by atoms with van der Waals surface area (Å²) >= 11 is 0. The largest absolute Gasteiger partial charge is 0.478 e. The Morgan fingerprint density at radius 1 is 1.32 bits per heavy atom. The Morgan fingerprint density at radius 3 is 2.18 bits per heavy atom. The van der Waals surface area contributed by atoms with Crippen LogP contribution in [-0.4, -0.2) is 52.8 Å². The van der Waals surface area contributed by atoms with Crippen molar-refractivity contribution in [1.82, 2.24) is 5.32 Å². The fourth-order valence-corrected chi connectivity index (χ4v) is 0.947. The van der Waals surface area contributed by atoms with Gasteiger partial charge in [0.1, 0.15) is 0 Å². The molecule has 0 saturated heterocycles. The minimum absolute atomic E-state index is 0.0653. The van der Waals surface area contributed by atoms with Gasteiger partial charge < -0.3 is 26.1 Å². The predicted octanol–water partition coefficient (Wildman–Crippen LogP) is -0.992. The summed E-state index contributed by atoms with van der Waals surface area (Å²) in [6.07, 6.45) is 1.43. The van der Waals surface area contributed by atoms with Crippen LogP contribution in [0.1, 0.15) is 13.3 Å². The predicted molar refractivity (Wildman–Crippen MR) is 73.2 cm³/mol. The van der Waals surface area contributed by atoms with Crippen molar-refractivity contribution in [3.8, 4) is 0 Å². The first-order valence-corrected chi connectivity index (χ1v) is 6.09. The van der Waals surface area contributed by atoms with E-state index >= 15 is 0 Å². The van der Waals surface area contributed by atoms with Crippen molar-refractivity contribution in [3.05, 3.63) is 22.3 Å². The maximum atomic E-state index is 11.2. The number of carboxylic acid groups (broad SMARTS) is 2. The first-order valence-electron chi connectivity index (χ1n) is 6.09. The van der Waals surface area contributed by atoms with Gasteiger partial charge in [-0.25, -0.2) is 9.59 Å². The number of aliphatic carboxylic acids is 2. The molecule has 0 heterocycles. The number of nitrogens with one attached hydrogen (secondary N) is 1. The Kier molecular flexibility index (Phi) is 13.1. The third-order valence-electron chi connectivity index (χ3n) is 2.01. The zero-order chi connectivity index (χ0) is 17.5. The lowest BCUT2D eigenvalue weighted by Crippen LogP contribution is -2.33. The van der Waals surface area contributed by atoms with Gasteiger partial charge in [-0.05, 0) is 6.42 Å². The summed E-state index contributed by atoms with van der Waals surface area (Å²) < 4.78 is 0. The summed E-state index contributed by atoms with van der Waals surface area (Å²) in [5.41, 5.74) is 5.19. The van der Waals surface area contributed by atoms with Crippen molar-refractivity contribution in [2.75, 3.05) is 19.7 Å². The van der Waals surface area contributed by atoms with E-state index in [2.05, 4.69) is 10.2 Å². The average Bonchev–Trinajstić information content (AvgIpc) is 2.42. The molecule has 0 aromatic heterocycles. The van der Waals surface area contributed by atoms with Crippen molar-refractivity contribution in [2.24, 2.45) is 11.7 Å². The van der Waals surface area contributed by atoms with E-state index in [0.29, 0.717) is 31.7 Å². The fourth-order valence-electron chi connectivity index (χ4n) is 0.947. The number of hydrogen-bond acceptors (Lipinski definition) is 7. The monoisotopic (exact) mass is 321 g/mol. The van der Waals surface area contributed by atoms with Crippen molar-refractivity contribution in [1.29, 1.82) is 0 Å². The molecule has 5 N–H and O–H groups in total. The molecule has 0 rings (SSSR count). The lowest BCUT2D eigenvalue weighted by Gasteiger charge is -2.10. The van der Waals surface area contributed by atoms with Gasteiger partial charge in [-0.3, -0.25) is 4.79 Å². The van der Waals surface area contributed by atoms with E-state index in [-0.39, 0.29) is 18.4 Å². The molecule has 22 heavy (non-hydrogen) atoms. The van der Waals surface area contributed by atoms with E-state index < -0.39 is 17.0 Å². The average molecular weight is 321 g/mol. The number of carbonyl (C=O) groups is 3. The molecular formula is C11H19N3O8. The van der Waals surface area contributed by atoms with Gasteiger partial charge in [-0.1, -0.05) is 6.92 Å². The highest BCUT2D eigenvalue weighted by atomic mass is 16.9. The van der Waals surface area contributed by atoms with E-state index in [4.69, 9.17) is 15.9 Å². The molecule has 0 aromatic rings. The van der Waals surface area contributed by atoms with Crippen LogP contribution in [-0.2, 0) is 19.2 Å². The number of hydrogen-bond donors (Lipinski definition) is 4. The number of nitrogens with zero attached hydrogens (tertiary/aromatic N) is 1. The number of nitrogens with two attached hydrogens (primary N) is 1. The van der Waals surface area contributed by atoms with Gasteiger partial charge >= 0.3 is 11.9 Å². The summed E-state index contributed by atoms with van der Waals surface area (Å²) in [6, 6.07) is 0. The first kappa shape index (κ1) is 21.6. The molecule has 0 fully saturated rings. The quantitative estimate of drug-likeness (QED) is 0.235. The molecule has 11 heteroatoms. The molecule has 0 radical (unpaired) electrons. The summed E-state index contributed by atoms with van der Waals surface area (Å²) in [7, 11) is 0. The smallest absolute Gasteiger partial charge is 0.328 e. The van der Waals surface area contributed by atoms with Crippen LogP contribution in [0.2, 0.25) is 0 Å². The maximum Gasteiger partial charge on any atom is 0.328 e. The summed E-state index contributed by atoms with van der Waals surface area (Å²) in [4.78, 5) is 44.2. The van der Waals surface area contributed by atoms with Crippen molar-refractivity contribution < 1.29 is 34.5 Å². The lowest BCUT2D eigenvalue weighted by atomic mass is 10.1. The van der Waals surface area contributed by atoms with Crippen LogP contribution in [0.4, 0.5) is 0 Å². The molecule has 0 aliphatic carbocycles. The third-order valence-corrected chi connectivity index (χ3v) is 2.01. The molecule has 126 valence electrons. The molecular weight excluding hydrogens is 302 g/mol. The third kappa shape index (κ3) is 17.3. The highest BCUT2D eigenvalue weighted by molar-refractivity contribution is 5.89. The van der Waals surface area contributed by atoms with Gasteiger partial charge in [0.2, 0.25) is 5.91 Å². The molecule has 0 aliphatic rings. The van der Waals surface area contributed by atoms with E-state index in [1.807, 2.05) is 0 Å². The van der Waals surface area contributed by atoms with Crippen molar-refractivity contribution >= 4 is 17.8 Å². The van der Waals surface area contributed by atoms with E-state index in [1.165, 1.54) is 0 Å². The Labute approximate surface area is 125 Å². The summed E-state index contributed by atoms with van der Waals surface area (Å²) in [5, 5.41) is 27.1. The molecule has 0 saturated carbocycles. The Morgan fingerprint density at radius 2 is 1.82 bits per heavy atom. The summed E-state index contributed by atoms with van der Waals surface area (Å²) in [5.74, 6) is -2.98. The molecule has 1 unspecified atom stereocenters. The minimum atomic E-state index is -1.26. The fraction of sp³-hybridized carbons (Fsp3) is 0.545. The number of amides is 1. The van der Waals surface area contributed by atoms with E-state index in [1.54, 1.807) is 6.92 Å². The molecule has 0 spiro atoms. The van der Waals surface area contributed by atoms with Crippen LogP contribution < -0.4 is 11.1 Å². The highest BCUT2D eigenvalue weighted by Crippen LogP contribution is 2.01. The number of carbonyl (C=O) groups excluding carboxylic acids is 1. The summed E-state index contributed by atoms with van der Waals surface area (Å²) in [6.45, 7) is 2.41. The van der Waals surface area contributed by atoms with Crippen LogP contribution in [0.25, 0.3) is 0 Å². The maximum absolute atomic E-state index is 11.2. The van der Waals surface area contributed by atoms with Crippen LogP contribution in [0.15, 0.2) is 12.2 Å². The van der Waals surface area contributed by atoms with Crippen molar-refractivity contribution in [2.45, 2.75) is 13.3 Å². The van der Waals surface area contributed by atoms with Gasteiger partial charge in [0.05, 0.1) is 6.61 Å². The minimum Gasteiger partial charge on any atom is -0.478 e.